The summed E-state index contributed by atoms with van der Waals surface area (Å²) in [4.78, 5) is 12.3. The lowest BCUT2D eigenvalue weighted by Gasteiger charge is -2.26. The Morgan fingerprint density at radius 3 is 2.80 bits per heavy atom. The number of hydrogen-bond donors (Lipinski definition) is 2. The summed E-state index contributed by atoms with van der Waals surface area (Å²) in [5.74, 6) is -0.0661. The Balaban J connectivity index is 2.38. The number of benzene rings is 1. The molecule has 0 fully saturated rings. The van der Waals surface area contributed by atoms with Gasteiger partial charge in [0, 0.05) is 16.0 Å². The van der Waals surface area contributed by atoms with Gasteiger partial charge in [-0.25, -0.2) is 0 Å². The first-order valence-corrected chi connectivity index (χ1v) is 6.90. The average Bonchev–Trinajstić information content (AvgIpc) is 2.76. The van der Waals surface area contributed by atoms with Gasteiger partial charge >= 0.3 is 0 Å². The van der Waals surface area contributed by atoms with E-state index in [2.05, 4.69) is 5.32 Å². The highest BCUT2D eigenvalue weighted by atomic mass is 35.5. The molecule has 0 saturated heterocycles. The lowest BCUT2D eigenvalue weighted by molar-refractivity contribution is 0.0821. The van der Waals surface area contributed by atoms with Gasteiger partial charge in [-0.05, 0) is 38.5 Å². The van der Waals surface area contributed by atoms with E-state index < -0.39 is 5.54 Å². The number of amides is 1. The first-order chi connectivity index (χ1) is 9.40. The van der Waals surface area contributed by atoms with Crippen LogP contribution in [0.5, 0.6) is 0 Å². The van der Waals surface area contributed by atoms with Gasteiger partial charge in [-0.15, -0.1) is 0 Å². The van der Waals surface area contributed by atoms with Crippen molar-refractivity contribution >= 4 is 28.5 Å². The third kappa shape index (κ3) is 2.67. The number of aliphatic hydroxyl groups is 1. The number of furan rings is 1. The predicted molar refractivity (Wildman–Crippen MR) is 79.2 cm³/mol. The summed E-state index contributed by atoms with van der Waals surface area (Å²) in [6.45, 7) is 5.39. The third-order valence-corrected chi connectivity index (χ3v) is 3.88. The molecule has 0 aliphatic heterocycles. The highest BCUT2D eigenvalue weighted by molar-refractivity contribution is 6.31. The van der Waals surface area contributed by atoms with Gasteiger partial charge in [-0.3, -0.25) is 4.79 Å². The Labute approximate surface area is 122 Å². The molecule has 0 bridgehead atoms. The smallest absolute Gasteiger partial charge is 0.287 e. The molecule has 2 aromatic rings. The zero-order valence-electron chi connectivity index (χ0n) is 11.8. The quantitative estimate of drug-likeness (QED) is 0.910. The molecule has 5 heteroatoms. The van der Waals surface area contributed by atoms with Crippen molar-refractivity contribution in [1.29, 1.82) is 0 Å². The number of rotatable bonds is 4. The van der Waals surface area contributed by atoms with Crippen LogP contribution in [0.25, 0.3) is 11.0 Å². The van der Waals surface area contributed by atoms with E-state index in [1.54, 1.807) is 25.1 Å². The van der Waals surface area contributed by atoms with E-state index in [4.69, 9.17) is 16.0 Å². The maximum absolute atomic E-state index is 12.3. The van der Waals surface area contributed by atoms with Gasteiger partial charge in [0.2, 0.25) is 0 Å². The summed E-state index contributed by atoms with van der Waals surface area (Å²) < 4.78 is 5.60. The number of aliphatic hydroxyl groups excluding tert-OH is 1. The summed E-state index contributed by atoms with van der Waals surface area (Å²) >= 11 is 5.96. The molecule has 0 radical (unpaired) electrons. The van der Waals surface area contributed by atoms with Crippen LogP contribution in [0.3, 0.4) is 0 Å². The van der Waals surface area contributed by atoms with Crippen LogP contribution in [0.15, 0.2) is 22.6 Å². The highest BCUT2D eigenvalue weighted by Crippen LogP contribution is 2.28. The van der Waals surface area contributed by atoms with E-state index in [9.17, 15) is 9.90 Å². The highest BCUT2D eigenvalue weighted by Gasteiger charge is 2.27. The van der Waals surface area contributed by atoms with Gasteiger partial charge in [-0.2, -0.15) is 0 Å². The minimum absolute atomic E-state index is 0.125. The summed E-state index contributed by atoms with van der Waals surface area (Å²) in [6.07, 6.45) is 0.625. The van der Waals surface area contributed by atoms with Crippen LogP contribution in [-0.4, -0.2) is 23.2 Å². The van der Waals surface area contributed by atoms with Gasteiger partial charge in [0.05, 0.1) is 12.1 Å². The largest absolute Gasteiger partial charge is 0.451 e. The van der Waals surface area contributed by atoms with E-state index in [0.29, 0.717) is 17.0 Å². The lowest BCUT2D eigenvalue weighted by Crippen LogP contribution is -2.48. The standard InChI is InChI=1S/C15H18ClNO3/c1-4-15(3,8-18)17-14(19)13-9(2)11-7-10(16)5-6-12(11)20-13/h5-7,18H,4,8H2,1-3H3,(H,17,19). The molecule has 2 N–H and O–H groups in total. The first kappa shape index (κ1) is 14.9. The first-order valence-electron chi connectivity index (χ1n) is 6.52. The van der Waals surface area contributed by atoms with Crippen molar-refractivity contribution in [3.05, 3.63) is 34.5 Å². The zero-order valence-corrected chi connectivity index (χ0v) is 12.5. The van der Waals surface area contributed by atoms with Crippen molar-refractivity contribution in [2.24, 2.45) is 0 Å². The number of aryl methyl sites for hydroxylation is 1. The number of halogens is 1. The van der Waals surface area contributed by atoms with E-state index >= 15 is 0 Å². The van der Waals surface area contributed by atoms with E-state index in [-0.39, 0.29) is 18.3 Å². The van der Waals surface area contributed by atoms with Crippen LogP contribution in [-0.2, 0) is 0 Å². The molecule has 1 heterocycles. The summed E-state index contributed by atoms with van der Waals surface area (Å²) in [6, 6.07) is 5.24. The molecule has 108 valence electrons. The Morgan fingerprint density at radius 2 is 2.20 bits per heavy atom. The van der Waals surface area contributed by atoms with Crippen molar-refractivity contribution < 1.29 is 14.3 Å². The normalized spacial score (nSPS) is 14.2. The van der Waals surface area contributed by atoms with Crippen LogP contribution >= 0.6 is 11.6 Å². The molecule has 0 aliphatic carbocycles. The molecular formula is C15H18ClNO3. The van der Waals surface area contributed by atoms with Crippen LogP contribution in [0.1, 0.15) is 36.4 Å². The molecule has 1 aromatic carbocycles. The fourth-order valence-corrected chi connectivity index (χ4v) is 2.15. The van der Waals surface area contributed by atoms with Gasteiger partial charge in [0.25, 0.3) is 5.91 Å². The zero-order chi connectivity index (χ0) is 14.9. The molecule has 0 aliphatic rings. The van der Waals surface area contributed by atoms with Gasteiger partial charge in [0.1, 0.15) is 5.58 Å². The number of fused-ring (bicyclic) bond motifs is 1. The third-order valence-electron chi connectivity index (χ3n) is 3.65. The number of carbonyl (C=O) groups is 1. The molecule has 20 heavy (non-hydrogen) atoms. The Kier molecular flexibility index (Phi) is 4.06. The number of nitrogens with one attached hydrogen (secondary N) is 1. The van der Waals surface area contributed by atoms with Crippen LogP contribution in [0.4, 0.5) is 0 Å². The van der Waals surface area contributed by atoms with E-state index in [1.807, 2.05) is 13.8 Å². The second kappa shape index (κ2) is 5.46. The summed E-state index contributed by atoms with van der Waals surface area (Å²) in [5.41, 5.74) is 0.718. The lowest BCUT2D eigenvalue weighted by atomic mass is 10.00. The summed E-state index contributed by atoms with van der Waals surface area (Å²) in [7, 11) is 0. The average molecular weight is 296 g/mol. The van der Waals surface area contributed by atoms with Crippen LogP contribution < -0.4 is 5.32 Å². The second-order valence-corrected chi connectivity index (χ2v) is 5.66. The van der Waals surface area contributed by atoms with Crippen molar-refractivity contribution in [3.63, 3.8) is 0 Å². The van der Waals surface area contributed by atoms with Crippen molar-refractivity contribution in [3.8, 4) is 0 Å². The molecule has 1 aromatic heterocycles. The minimum atomic E-state index is -0.653. The predicted octanol–water partition coefficient (Wildman–Crippen LogP) is 3.29. The Morgan fingerprint density at radius 1 is 1.50 bits per heavy atom. The second-order valence-electron chi connectivity index (χ2n) is 5.22. The molecule has 4 nitrogen and oxygen atoms in total. The molecule has 0 saturated carbocycles. The topological polar surface area (TPSA) is 62.5 Å². The fourth-order valence-electron chi connectivity index (χ4n) is 1.98. The maximum atomic E-state index is 12.3. The summed E-state index contributed by atoms with van der Waals surface area (Å²) in [5, 5.41) is 13.6. The van der Waals surface area contributed by atoms with Crippen molar-refractivity contribution in [1.82, 2.24) is 5.32 Å². The monoisotopic (exact) mass is 295 g/mol. The van der Waals surface area contributed by atoms with Crippen molar-refractivity contribution in [2.75, 3.05) is 6.61 Å². The van der Waals surface area contributed by atoms with Gasteiger partial charge in [0.15, 0.2) is 5.76 Å². The van der Waals surface area contributed by atoms with E-state index in [1.165, 1.54) is 0 Å². The molecule has 1 unspecified atom stereocenters. The Hall–Kier alpha value is -1.52. The van der Waals surface area contributed by atoms with Crippen LogP contribution in [0.2, 0.25) is 5.02 Å². The number of hydrogen-bond acceptors (Lipinski definition) is 3. The molecule has 0 spiro atoms. The van der Waals surface area contributed by atoms with E-state index in [0.717, 1.165) is 10.9 Å². The van der Waals surface area contributed by atoms with Gasteiger partial charge in [-0.1, -0.05) is 18.5 Å². The maximum Gasteiger partial charge on any atom is 0.287 e. The Bertz CT molecular complexity index is 644. The van der Waals surface area contributed by atoms with Crippen LogP contribution in [0, 0.1) is 6.92 Å². The minimum Gasteiger partial charge on any atom is -0.451 e. The SMILES string of the molecule is CCC(C)(CO)NC(=O)c1oc2ccc(Cl)cc2c1C. The molecule has 2 rings (SSSR count). The molecule has 1 atom stereocenters. The number of carbonyl (C=O) groups excluding carboxylic acids is 1. The molecular weight excluding hydrogens is 278 g/mol. The fraction of sp³-hybridized carbons (Fsp3) is 0.400. The van der Waals surface area contributed by atoms with Crippen molar-refractivity contribution in [2.45, 2.75) is 32.7 Å². The molecule has 1 amide bonds. The van der Waals surface area contributed by atoms with Gasteiger partial charge < -0.3 is 14.8 Å².